The second-order valence-electron chi connectivity index (χ2n) is 17.1. The summed E-state index contributed by atoms with van der Waals surface area (Å²) >= 11 is 0. The molecule has 1 saturated heterocycles. The molecular weight excluding hydrogens is 735 g/mol. The molecule has 4 aromatic rings. The van der Waals surface area contributed by atoms with Gasteiger partial charge in [0.2, 0.25) is 11.8 Å². The van der Waals surface area contributed by atoms with E-state index in [-0.39, 0.29) is 19.0 Å². The second-order valence-corrected chi connectivity index (χ2v) is 17.1. The maximum atomic E-state index is 14.8. The Balaban J connectivity index is 1.45. The number of aliphatic hydroxyl groups excluding tert-OH is 1. The summed E-state index contributed by atoms with van der Waals surface area (Å²) in [7, 11) is 0. The zero-order valence-corrected chi connectivity index (χ0v) is 34.3. The van der Waals surface area contributed by atoms with Gasteiger partial charge in [0.1, 0.15) is 12.1 Å². The predicted molar refractivity (Wildman–Crippen MR) is 223 cm³/mol. The van der Waals surface area contributed by atoms with E-state index in [9.17, 15) is 29.4 Å². The lowest BCUT2D eigenvalue weighted by atomic mass is 9.81. The minimum Gasteiger partial charge on any atom is -0.465 e. The molecule has 58 heavy (non-hydrogen) atoms. The van der Waals surface area contributed by atoms with Gasteiger partial charge in [0.15, 0.2) is 0 Å². The molecule has 13 heteroatoms. The molecule has 1 fully saturated rings. The van der Waals surface area contributed by atoms with Crippen LogP contribution in [0.1, 0.15) is 70.6 Å². The van der Waals surface area contributed by atoms with Crippen LogP contribution in [-0.4, -0.2) is 97.8 Å². The van der Waals surface area contributed by atoms with Gasteiger partial charge in [-0.05, 0) is 58.6 Å². The molecule has 1 aliphatic heterocycles. The fourth-order valence-electron chi connectivity index (χ4n) is 7.59. The molecule has 5 rings (SSSR count). The number of urea groups is 1. The number of rotatable bonds is 16. The largest absolute Gasteiger partial charge is 0.465 e. The molecule has 5 amide bonds. The van der Waals surface area contributed by atoms with Crippen LogP contribution in [0.15, 0.2) is 104 Å². The number of nitrogens with zero attached hydrogens (tertiary/aromatic N) is 4. The summed E-state index contributed by atoms with van der Waals surface area (Å²) in [6.45, 7) is 12.2. The van der Waals surface area contributed by atoms with Gasteiger partial charge in [-0.15, -0.1) is 0 Å². The van der Waals surface area contributed by atoms with Crippen molar-refractivity contribution < 1.29 is 29.4 Å². The first-order chi connectivity index (χ1) is 27.5. The lowest BCUT2D eigenvalue weighted by Gasteiger charge is -2.39. The number of amides is 5. The van der Waals surface area contributed by atoms with E-state index in [1.807, 2.05) is 106 Å². The Hall–Kier alpha value is -5.82. The van der Waals surface area contributed by atoms with Crippen LogP contribution in [0.3, 0.4) is 0 Å². The van der Waals surface area contributed by atoms with E-state index in [4.69, 9.17) is 0 Å². The summed E-state index contributed by atoms with van der Waals surface area (Å²) in [5.74, 6) is -1.36. The summed E-state index contributed by atoms with van der Waals surface area (Å²) in [6, 6.07) is 24.2. The molecule has 3 heterocycles. The maximum absolute atomic E-state index is 14.8. The number of hydrogen-bond donors (Lipinski definition) is 5. The van der Waals surface area contributed by atoms with Crippen molar-refractivity contribution in [2.45, 2.75) is 91.1 Å². The summed E-state index contributed by atoms with van der Waals surface area (Å²) in [5.41, 5.74) is 3.13. The van der Waals surface area contributed by atoms with Gasteiger partial charge in [-0.25, -0.2) is 9.59 Å². The lowest BCUT2D eigenvalue weighted by molar-refractivity contribution is -0.131. The van der Waals surface area contributed by atoms with Gasteiger partial charge in [-0.2, -0.15) is 0 Å². The first-order valence-corrected chi connectivity index (χ1v) is 19.8. The van der Waals surface area contributed by atoms with Crippen LogP contribution < -0.4 is 16.0 Å². The van der Waals surface area contributed by atoms with Gasteiger partial charge in [0, 0.05) is 56.3 Å². The lowest BCUT2D eigenvalue weighted by Crippen LogP contribution is -2.59. The third-order valence-corrected chi connectivity index (χ3v) is 10.5. The molecule has 0 bridgehead atoms. The number of pyridine rings is 2. The van der Waals surface area contributed by atoms with Crippen LogP contribution in [0.5, 0.6) is 0 Å². The quantitative estimate of drug-likeness (QED) is 0.0938. The number of carbonyl (C=O) groups is 4. The van der Waals surface area contributed by atoms with E-state index in [1.54, 1.807) is 49.2 Å². The number of benzene rings is 2. The second kappa shape index (κ2) is 19.1. The third-order valence-electron chi connectivity index (χ3n) is 10.5. The van der Waals surface area contributed by atoms with Gasteiger partial charge >= 0.3 is 12.1 Å². The zero-order valence-electron chi connectivity index (χ0n) is 34.3. The Morgan fingerprint density at radius 2 is 1.50 bits per heavy atom. The Kier molecular flexibility index (Phi) is 14.2. The zero-order chi connectivity index (χ0) is 42.0. The van der Waals surface area contributed by atoms with Crippen molar-refractivity contribution in [1.82, 2.24) is 35.7 Å². The Labute approximate surface area is 341 Å². The van der Waals surface area contributed by atoms with Gasteiger partial charge in [0.05, 0.1) is 17.8 Å². The van der Waals surface area contributed by atoms with E-state index >= 15 is 0 Å². The summed E-state index contributed by atoms with van der Waals surface area (Å²) in [5, 5.41) is 29.9. The van der Waals surface area contributed by atoms with E-state index in [2.05, 4.69) is 25.9 Å². The molecule has 0 spiro atoms. The normalized spacial score (nSPS) is 15.9. The molecule has 0 aliphatic carbocycles. The van der Waals surface area contributed by atoms with E-state index in [1.165, 1.54) is 0 Å². The van der Waals surface area contributed by atoms with Gasteiger partial charge in [0.25, 0.3) is 0 Å². The number of carbonyl (C=O) groups excluding carboxylic acids is 3. The highest BCUT2D eigenvalue weighted by molar-refractivity contribution is 5.89. The average molecular weight is 792 g/mol. The molecule has 5 N–H and O–H groups in total. The standard InChI is InChI=1S/C45H57N7O6/c1-44(2,3)38(50-42(56)57)40(54)48-24-21-36(53)37(34(32-14-8-7-9-15-32)27-30-17-19-33(20-18-30)35-16-10-11-23-47-35)49-41(55)39(45(4,5)6)52-26-25-51(43(52)58)29-31-13-12-22-46-28-31/h7-20,22-23,28,34,36-39,50,53H,21,24-27,29H2,1-6H3,(H,48,54)(H,49,55)(H,56,57). The van der Waals surface area contributed by atoms with Crippen molar-refractivity contribution in [1.29, 1.82) is 0 Å². The molecule has 1 aliphatic rings. The highest BCUT2D eigenvalue weighted by Gasteiger charge is 2.45. The SMILES string of the molecule is CC(C)(C)C(NC(=O)O)C(=O)NCCC(O)C(NC(=O)C(N1CCN(Cc2cccnc2)C1=O)C(C)(C)C)C(Cc1ccc(-c2ccccn2)cc1)c1ccccc1. The average Bonchev–Trinajstić information content (AvgIpc) is 3.53. The number of nitrogens with one attached hydrogen (secondary N) is 3. The highest BCUT2D eigenvalue weighted by Crippen LogP contribution is 2.32. The van der Waals surface area contributed by atoms with Gasteiger partial charge < -0.3 is 36.0 Å². The minimum absolute atomic E-state index is 0.0111. The van der Waals surface area contributed by atoms with E-state index < -0.39 is 58.9 Å². The van der Waals surface area contributed by atoms with Crippen LogP contribution in [0.25, 0.3) is 11.3 Å². The summed E-state index contributed by atoms with van der Waals surface area (Å²) in [4.78, 5) is 65.5. The van der Waals surface area contributed by atoms with Gasteiger partial charge in [-0.1, -0.05) is 108 Å². The Morgan fingerprint density at radius 3 is 2.10 bits per heavy atom. The van der Waals surface area contributed by atoms with Crippen LogP contribution >= 0.6 is 0 Å². The minimum atomic E-state index is -1.32. The van der Waals surface area contributed by atoms with Crippen molar-refractivity contribution in [3.8, 4) is 11.3 Å². The predicted octanol–water partition coefficient (Wildman–Crippen LogP) is 5.86. The fraction of sp³-hybridized carbons (Fsp3) is 0.422. The molecule has 0 saturated carbocycles. The van der Waals surface area contributed by atoms with Crippen LogP contribution in [0.2, 0.25) is 0 Å². The molecule has 13 nitrogen and oxygen atoms in total. The molecule has 5 atom stereocenters. The van der Waals surface area contributed by atoms with Crippen molar-refractivity contribution >= 4 is 23.9 Å². The topological polar surface area (TPSA) is 177 Å². The number of hydrogen-bond acceptors (Lipinski definition) is 7. The van der Waals surface area contributed by atoms with E-state index in [0.29, 0.717) is 26.1 Å². The van der Waals surface area contributed by atoms with Crippen molar-refractivity contribution in [3.63, 3.8) is 0 Å². The Morgan fingerprint density at radius 1 is 0.793 bits per heavy atom. The molecular formula is C45H57N7O6. The first-order valence-electron chi connectivity index (χ1n) is 19.8. The molecule has 0 radical (unpaired) electrons. The highest BCUT2D eigenvalue weighted by atomic mass is 16.4. The third kappa shape index (κ3) is 11.4. The number of aromatic nitrogens is 2. The summed E-state index contributed by atoms with van der Waals surface area (Å²) in [6.07, 6.45) is 3.15. The van der Waals surface area contributed by atoms with Crippen LogP contribution in [-0.2, 0) is 22.6 Å². The maximum Gasteiger partial charge on any atom is 0.405 e. The van der Waals surface area contributed by atoms with Crippen LogP contribution in [0, 0.1) is 10.8 Å². The van der Waals surface area contributed by atoms with Crippen molar-refractivity contribution in [3.05, 3.63) is 120 Å². The molecule has 2 aromatic carbocycles. The van der Waals surface area contributed by atoms with Gasteiger partial charge in [-0.3, -0.25) is 19.6 Å². The molecule has 308 valence electrons. The molecule has 2 aromatic heterocycles. The smallest absolute Gasteiger partial charge is 0.405 e. The molecule has 5 unspecified atom stereocenters. The monoisotopic (exact) mass is 791 g/mol. The Bertz CT molecular complexity index is 1970. The van der Waals surface area contributed by atoms with Crippen molar-refractivity contribution in [2.24, 2.45) is 10.8 Å². The van der Waals surface area contributed by atoms with E-state index in [0.717, 1.165) is 27.9 Å². The van der Waals surface area contributed by atoms with Crippen LogP contribution in [0.4, 0.5) is 9.59 Å². The summed E-state index contributed by atoms with van der Waals surface area (Å²) < 4.78 is 0. The fourth-order valence-corrected chi connectivity index (χ4v) is 7.59. The van der Waals surface area contributed by atoms with Crippen molar-refractivity contribution in [2.75, 3.05) is 19.6 Å². The number of aliphatic hydroxyl groups is 1. The number of carboxylic acid groups (broad SMARTS) is 1. The first kappa shape index (κ1) is 43.3.